The van der Waals surface area contributed by atoms with Gasteiger partial charge < -0.3 is 9.26 Å². The Bertz CT molecular complexity index is 746. The normalized spacial score (nSPS) is 10.5. The maximum absolute atomic E-state index is 5.31. The predicted molar refractivity (Wildman–Crippen MR) is 82.9 cm³/mol. The summed E-state index contributed by atoms with van der Waals surface area (Å²) in [7, 11) is 1.62. The van der Waals surface area contributed by atoms with Gasteiger partial charge >= 0.3 is 0 Å². The van der Waals surface area contributed by atoms with Gasteiger partial charge in [-0.3, -0.25) is 0 Å². The molecule has 0 amide bonds. The lowest BCUT2D eigenvalue weighted by atomic mass is 10.2. The summed E-state index contributed by atoms with van der Waals surface area (Å²) in [6.07, 6.45) is 0.613. The molecule has 5 heteroatoms. The molecule has 0 unspecified atom stereocenters. The summed E-state index contributed by atoms with van der Waals surface area (Å²) in [4.78, 5) is 6.57. The Morgan fingerprint density at radius 3 is 2.81 bits per heavy atom. The van der Waals surface area contributed by atoms with E-state index in [0.29, 0.717) is 23.9 Å². The Morgan fingerprint density at radius 1 is 1.24 bits per heavy atom. The van der Waals surface area contributed by atoms with Crippen molar-refractivity contribution in [3.05, 3.63) is 64.7 Å². The van der Waals surface area contributed by atoms with Crippen LogP contribution < -0.4 is 0 Å². The van der Waals surface area contributed by atoms with Crippen LogP contribution in [0.25, 0.3) is 17.1 Å². The summed E-state index contributed by atoms with van der Waals surface area (Å²) in [5.74, 6) is 1.88. The summed E-state index contributed by atoms with van der Waals surface area (Å²) in [6, 6.07) is 13.8. The van der Waals surface area contributed by atoms with Crippen molar-refractivity contribution in [2.75, 3.05) is 7.11 Å². The van der Waals surface area contributed by atoms with Crippen LogP contribution in [0.1, 0.15) is 15.6 Å². The molecule has 106 valence electrons. The topological polar surface area (TPSA) is 48.2 Å². The third kappa shape index (κ3) is 3.03. The SMILES string of the molecule is C=C(OC)c1ccc(Cc2nc(-c3ccccc3)no2)s1. The number of ether oxygens (including phenoxy) is 1. The van der Waals surface area contributed by atoms with Crippen LogP contribution >= 0.6 is 11.3 Å². The first-order valence-corrected chi connectivity index (χ1v) is 7.28. The van der Waals surface area contributed by atoms with Gasteiger partial charge in [0.15, 0.2) is 0 Å². The summed E-state index contributed by atoms with van der Waals surface area (Å²) in [6.45, 7) is 3.84. The molecule has 3 aromatic rings. The van der Waals surface area contributed by atoms with Crippen molar-refractivity contribution in [3.8, 4) is 11.4 Å². The van der Waals surface area contributed by atoms with E-state index in [1.165, 1.54) is 0 Å². The Morgan fingerprint density at radius 2 is 2.05 bits per heavy atom. The molecule has 0 aliphatic carbocycles. The molecule has 0 bridgehead atoms. The van der Waals surface area contributed by atoms with Gasteiger partial charge in [-0.25, -0.2) is 0 Å². The smallest absolute Gasteiger partial charge is 0.232 e. The molecule has 4 nitrogen and oxygen atoms in total. The fourth-order valence-electron chi connectivity index (χ4n) is 1.90. The van der Waals surface area contributed by atoms with Gasteiger partial charge in [0.1, 0.15) is 5.76 Å². The Kier molecular flexibility index (Phi) is 3.83. The van der Waals surface area contributed by atoms with E-state index in [4.69, 9.17) is 9.26 Å². The first-order valence-electron chi connectivity index (χ1n) is 6.46. The minimum Gasteiger partial charge on any atom is -0.496 e. The predicted octanol–water partition coefficient (Wildman–Crippen LogP) is 4.01. The van der Waals surface area contributed by atoms with E-state index < -0.39 is 0 Å². The lowest BCUT2D eigenvalue weighted by molar-refractivity contribution is 0.372. The number of hydrogen-bond acceptors (Lipinski definition) is 5. The van der Waals surface area contributed by atoms with Crippen LogP contribution in [0.15, 0.2) is 53.6 Å². The van der Waals surface area contributed by atoms with Crippen molar-refractivity contribution in [3.63, 3.8) is 0 Å². The van der Waals surface area contributed by atoms with Gasteiger partial charge in [0.05, 0.1) is 18.4 Å². The number of benzene rings is 1. The van der Waals surface area contributed by atoms with Crippen LogP contribution in [0.2, 0.25) is 0 Å². The maximum atomic E-state index is 5.31. The minimum atomic E-state index is 0.602. The number of rotatable bonds is 5. The molecule has 0 radical (unpaired) electrons. The summed E-state index contributed by atoms with van der Waals surface area (Å²) in [5, 5.41) is 4.02. The van der Waals surface area contributed by atoms with Crippen LogP contribution in [0.4, 0.5) is 0 Å². The summed E-state index contributed by atoms with van der Waals surface area (Å²) < 4.78 is 10.4. The number of aromatic nitrogens is 2. The van der Waals surface area contributed by atoms with Gasteiger partial charge in [-0.1, -0.05) is 42.1 Å². The number of nitrogens with zero attached hydrogens (tertiary/aromatic N) is 2. The average molecular weight is 298 g/mol. The molecular weight excluding hydrogens is 284 g/mol. The van der Waals surface area contributed by atoms with Crippen molar-refractivity contribution in [1.29, 1.82) is 0 Å². The van der Waals surface area contributed by atoms with Crippen LogP contribution in [0, 0.1) is 0 Å². The molecule has 2 aromatic heterocycles. The van der Waals surface area contributed by atoms with Gasteiger partial charge in [0.25, 0.3) is 0 Å². The van der Waals surface area contributed by atoms with E-state index in [2.05, 4.69) is 16.7 Å². The highest BCUT2D eigenvalue weighted by Gasteiger charge is 2.11. The molecule has 0 aliphatic rings. The number of thiophene rings is 1. The second-order valence-electron chi connectivity index (χ2n) is 4.45. The average Bonchev–Trinajstić information content (AvgIpc) is 3.17. The standard InChI is InChI=1S/C16H14N2O2S/c1-11(19-2)14-9-8-13(21-14)10-15-17-16(18-20-15)12-6-4-3-5-7-12/h3-9H,1,10H2,2H3. The number of methoxy groups -OCH3 is 1. The molecule has 0 N–H and O–H groups in total. The van der Waals surface area contributed by atoms with E-state index in [1.807, 2.05) is 42.5 Å². The molecule has 0 saturated carbocycles. The fourth-order valence-corrected chi connectivity index (χ4v) is 2.85. The molecule has 1 aromatic carbocycles. The van der Waals surface area contributed by atoms with Crippen molar-refractivity contribution >= 4 is 17.1 Å². The molecule has 0 atom stereocenters. The Balaban J connectivity index is 1.76. The van der Waals surface area contributed by atoms with Crippen LogP contribution in [-0.2, 0) is 11.2 Å². The summed E-state index contributed by atoms with van der Waals surface area (Å²) in [5.41, 5.74) is 0.951. The van der Waals surface area contributed by atoms with Gasteiger partial charge in [0, 0.05) is 10.4 Å². The highest BCUT2D eigenvalue weighted by atomic mass is 32.1. The number of hydrogen-bond donors (Lipinski definition) is 0. The van der Waals surface area contributed by atoms with E-state index in [1.54, 1.807) is 18.4 Å². The first kappa shape index (κ1) is 13.6. The highest BCUT2D eigenvalue weighted by molar-refractivity contribution is 7.13. The van der Waals surface area contributed by atoms with Crippen LogP contribution in [-0.4, -0.2) is 17.3 Å². The van der Waals surface area contributed by atoms with Crippen molar-refractivity contribution < 1.29 is 9.26 Å². The van der Waals surface area contributed by atoms with Gasteiger partial charge in [-0.05, 0) is 12.1 Å². The van der Waals surface area contributed by atoms with E-state index in [9.17, 15) is 0 Å². The Labute approximate surface area is 126 Å². The second kappa shape index (κ2) is 5.93. The van der Waals surface area contributed by atoms with E-state index >= 15 is 0 Å². The molecular formula is C16H14N2O2S. The first-order chi connectivity index (χ1) is 10.3. The lowest BCUT2D eigenvalue weighted by Crippen LogP contribution is -1.85. The van der Waals surface area contributed by atoms with Crippen molar-refractivity contribution in [2.45, 2.75) is 6.42 Å². The molecule has 0 aliphatic heterocycles. The maximum Gasteiger partial charge on any atom is 0.232 e. The molecule has 21 heavy (non-hydrogen) atoms. The van der Waals surface area contributed by atoms with Gasteiger partial charge in [0.2, 0.25) is 11.7 Å². The highest BCUT2D eigenvalue weighted by Crippen LogP contribution is 2.25. The molecule has 0 fully saturated rings. The zero-order chi connectivity index (χ0) is 14.7. The molecule has 0 spiro atoms. The third-order valence-electron chi connectivity index (χ3n) is 3.01. The quantitative estimate of drug-likeness (QED) is 0.668. The third-order valence-corrected chi connectivity index (χ3v) is 4.13. The van der Waals surface area contributed by atoms with Gasteiger partial charge in [-0.15, -0.1) is 11.3 Å². The van der Waals surface area contributed by atoms with Gasteiger partial charge in [-0.2, -0.15) is 4.98 Å². The molecule has 3 rings (SSSR count). The van der Waals surface area contributed by atoms with E-state index in [0.717, 1.165) is 15.3 Å². The van der Waals surface area contributed by atoms with Crippen LogP contribution in [0.5, 0.6) is 0 Å². The van der Waals surface area contributed by atoms with Crippen molar-refractivity contribution in [1.82, 2.24) is 10.1 Å². The minimum absolute atomic E-state index is 0.602. The summed E-state index contributed by atoms with van der Waals surface area (Å²) >= 11 is 1.61. The molecule has 0 saturated heterocycles. The fraction of sp³-hybridized carbons (Fsp3) is 0.125. The van der Waals surface area contributed by atoms with E-state index in [-0.39, 0.29) is 0 Å². The van der Waals surface area contributed by atoms with Crippen LogP contribution in [0.3, 0.4) is 0 Å². The molecule has 2 heterocycles. The Hall–Kier alpha value is -2.40. The second-order valence-corrected chi connectivity index (χ2v) is 5.62. The zero-order valence-electron chi connectivity index (χ0n) is 11.6. The largest absolute Gasteiger partial charge is 0.496 e. The monoisotopic (exact) mass is 298 g/mol. The zero-order valence-corrected chi connectivity index (χ0v) is 12.4. The van der Waals surface area contributed by atoms with Crippen molar-refractivity contribution in [2.24, 2.45) is 0 Å². The lowest BCUT2D eigenvalue weighted by Gasteiger charge is -1.98.